The Morgan fingerprint density at radius 2 is 1.04 bits per heavy atom. The molecule has 3 amide bonds. The van der Waals surface area contributed by atoms with Crippen LogP contribution in [0.2, 0.25) is 0 Å². The van der Waals surface area contributed by atoms with Crippen LogP contribution < -0.4 is 32.3 Å². The van der Waals surface area contributed by atoms with Crippen LogP contribution >= 0.6 is 37.2 Å². The highest BCUT2D eigenvalue weighted by molar-refractivity contribution is 15.0. The van der Waals surface area contributed by atoms with E-state index in [1.54, 1.807) is 112 Å². The number of rotatable bonds is 19. The van der Waals surface area contributed by atoms with Crippen molar-refractivity contribution in [1.29, 1.82) is 10.5 Å². The van der Waals surface area contributed by atoms with Crippen LogP contribution in [-0.4, -0.2) is 68.8 Å². The molecule has 8 N–H and O–H groups in total. The van der Waals surface area contributed by atoms with Gasteiger partial charge in [0.05, 0.1) is 63.7 Å². The van der Waals surface area contributed by atoms with Gasteiger partial charge in [-0.1, -0.05) is 72.8 Å². The van der Waals surface area contributed by atoms with Crippen molar-refractivity contribution in [2.24, 2.45) is 5.73 Å². The molecular formula is C62H62F2I2N12O5. The van der Waals surface area contributed by atoms with E-state index in [9.17, 15) is 33.7 Å². The van der Waals surface area contributed by atoms with Gasteiger partial charge in [0.25, 0.3) is 11.8 Å². The van der Waals surface area contributed by atoms with E-state index in [0.29, 0.717) is 93.7 Å². The van der Waals surface area contributed by atoms with E-state index in [1.807, 2.05) is 42.5 Å². The first kappa shape index (κ1) is 65.3. The van der Waals surface area contributed by atoms with Crippen LogP contribution in [0.5, 0.6) is 0 Å². The molecule has 0 aliphatic heterocycles. The highest BCUT2D eigenvalue weighted by atomic mass is 128. The summed E-state index contributed by atoms with van der Waals surface area (Å²) in [6, 6.07) is 45.3. The Balaban J connectivity index is 0.000000291. The maximum atomic E-state index is 13.7. The van der Waals surface area contributed by atoms with Gasteiger partial charge in [-0.25, -0.2) is 23.5 Å². The average Bonchev–Trinajstić information content (AvgIpc) is 3.71. The molecule has 21 heteroatoms. The van der Waals surface area contributed by atoms with Crippen molar-refractivity contribution < 1.29 is 33.0 Å². The molecule has 4 aromatic carbocycles. The Kier molecular flexibility index (Phi) is 26.8. The van der Waals surface area contributed by atoms with E-state index < -0.39 is 11.7 Å². The van der Waals surface area contributed by atoms with Crippen molar-refractivity contribution in [3.05, 3.63) is 226 Å². The summed E-state index contributed by atoms with van der Waals surface area (Å²) in [5.41, 5.74) is 13.6. The van der Waals surface area contributed by atoms with Crippen LogP contribution in [0.3, 0.4) is 0 Å². The van der Waals surface area contributed by atoms with Crippen LogP contribution in [0.4, 0.5) is 25.2 Å². The number of ether oxygens (including phenoxy) is 1. The van der Waals surface area contributed by atoms with Gasteiger partial charge in [0.2, 0.25) is 0 Å². The molecule has 83 heavy (non-hydrogen) atoms. The number of aliphatic hydroxyl groups excluding tert-OH is 1. The molecule has 0 spiro atoms. The van der Waals surface area contributed by atoms with Crippen molar-refractivity contribution in [2.45, 2.75) is 65.4 Å². The molecule has 0 aliphatic rings. The number of nitrogens with two attached hydrogens (primary N) is 1. The monoisotopic (exact) mass is 1350 g/mol. The lowest BCUT2D eigenvalue weighted by Gasteiger charge is -2.20. The normalized spacial score (nSPS) is 10.3. The van der Waals surface area contributed by atoms with E-state index in [4.69, 9.17) is 20.6 Å². The topological polar surface area (TPSA) is 266 Å². The van der Waals surface area contributed by atoms with E-state index in [2.05, 4.69) is 90.9 Å². The van der Waals surface area contributed by atoms with Gasteiger partial charge >= 0.3 is 6.09 Å². The Morgan fingerprint density at radius 1 is 0.590 bits per heavy atom. The van der Waals surface area contributed by atoms with Gasteiger partial charge in [-0.3, -0.25) is 19.6 Å². The second-order valence-electron chi connectivity index (χ2n) is 18.8. The number of amides is 3. The quantitative estimate of drug-likeness (QED) is 0.0371. The first-order valence-corrected chi connectivity index (χ1v) is 32.2. The number of carbonyl (C=O) groups excluding carboxylic acids is 3. The minimum atomic E-state index is -0.631. The third-order valence-electron chi connectivity index (χ3n) is 12.0. The number of alkyl carbamates (subject to hydrolysis) is 1. The maximum Gasteiger partial charge on any atom is 0.407 e. The van der Waals surface area contributed by atoms with E-state index in [0.717, 1.165) is 29.4 Å². The number of nitriles is 2. The van der Waals surface area contributed by atoms with Gasteiger partial charge in [-0.05, 0) is 129 Å². The molecule has 8 rings (SSSR count). The maximum absolute atomic E-state index is 13.7. The molecule has 0 unspecified atom stereocenters. The van der Waals surface area contributed by atoms with E-state index in [1.165, 1.54) is 24.3 Å². The van der Waals surface area contributed by atoms with E-state index >= 15 is 0 Å². The number of pyridine rings is 4. The molecule has 0 aliphatic carbocycles. The lowest BCUT2D eigenvalue weighted by atomic mass is 10.0. The molecule has 17 nitrogen and oxygen atoms in total. The zero-order valence-electron chi connectivity index (χ0n) is 46.0. The van der Waals surface area contributed by atoms with Gasteiger partial charge in [0, 0.05) is 101 Å². The summed E-state index contributed by atoms with van der Waals surface area (Å²) < 4.78 is 32.5. The summed E-state index contributed by atoms with van der Waals surface area (Å²) in [6.45, 7) is 6.98. The number of anilines is 2. The highest BCUT2D eigenvalue weighted by Crippen LogP contribution is 2.27. The number of aliphatic hydroxyl groups is 1. The van der Waals surface area contributed by atoms with Gasteiger partial charge < -0.3 is 42.2 Å². The molecular weight excluding hydrogens is 1280 g/mol. The van der Waals surface area contributed by atoms with Crippen molar-refractivity contribution in [3.8, 4) is 34.7 Å². The average molecular weight is 1350 g/mol. The second kappa shape index (κ2) is 34.1. The number of benzene rings is 4. The lowest BCUT2D eigenvalue weighted by Crippen LogP contribution is -2.33. The largest absolute Gasteiger partial charge is 0.444 e. The van der Waals surface area contributed by atoms with Crippen molar-refractivity contribution in [2.75, 3.05) is 30.8 Å². The number of halogens is 4. The Hall–Kier alpha value is -8.49. The fraction of sp³-hybridized carbons (Fsp3) is 0.210. The molecule has 428 valence electrons. The molecule has 0 saturated carbocycles. The number of nitrogens with zero attached hydrogens (tertiary/aromatic N) is 6. The summed E-state index contributed by atoms with van der Waals surface area (Å²) >= 11 is 4.24. The Labute approximate surface area is 504 Å². The SMILES string of the molecule is CC(C)(C)OC(=O)NCc1ncccc1CNC(=O)c1ccc(-c2ccccc2C#N)nc1NCCc1cccc(F)c1.CO.II.N#Cc1ccccc1-c1ccc(C(=O)NCc2cccnc2CN)c(NCCc2cccc(F)c2)n1. The van der Waals surface area contributed by atoms with Crippen LogP contribution in [0.1, 0.15) is 86.3 Å². The molecule has 0 saturated heterocycles. The summed E-state index contributed by atoms with van der Waals surface area (Å²) in [6.07, 6.45) is 3.75. The summed E-state index contributed by atoms with van der Waals surface area (Å²) in [7, 11) is 1.00. The zero-order valence-corrected chi connectivity index (χ0v) is 50.3. The Bertz CT molecular complexity index is 3540. The first-order valence-electron chi connectivity index (χ1n) is 25.9. The number of carbonyl (C=O) groups is 3. The molecule has 4 heterocycles. The van der Waals surface area contributed by atoms with Crippen LogP contribution in [-0.2, 0) is 43.8 Å². The van der Waals surface area contributed by atoms with Crippen LogP contribution in [0.15, 0.2) is 158 Å². The molecule has 0 fully saturated rings. The number of hydrogen-bond donors (Lipinski definition) is 7. The van der Waals surface area contributed by atoms with Gasteiger partial charge in [-0.2, -0.15) is 10.5 Å². The highest BCUT2D eigenvalue weighted by Gasteiger charge is 2.20. The minimum Gasteiger partial charge on any atom is -0.444 e. The molecule has 4 aromatic heterocycles. The lowest BCUT2D eigenvalue weighted by molar-refractivity contribution is 0.0522. The number of aromatic nitrogens is 4. The van der Waals surface area contributed by atoms with Gasteiger partial charge in [-0.15, -0.1) is 0 Å². The van der Waals surface area contributed by atoms with Crippen LogP contribution in [0.25, 0.3) is 22.5 Å². The smallest absolute Gasteiger partial charge is 0.407 e. The minimum absolute atomic E-state index is 0.127. The summed E-state index contributed by atoms with van der Waals surface area (Å²) in [5.74, 6) is -0.607. The fourth-order valence-electron chi connectivity index (χ4n) is 8.12. The van der Waals surface area contributed by atoms with Gasteiger partial charge in [0.15, 0.2) is 0 Å². The molecule has 0 atom stereocenters. The molecule has 0 radical (unpaired) electrons. The van der Waals surface area contributed by atoms with Crippen molar-refractivity contribution in [1.82, 2.24) is 35.9 Å². The third-order valence-corrected chi connectivity index (χ3v) is 12.0. The molecule has 8 aromatic rings. The molecule has 0 bridgehead atoms. The van der Waals surface area contributed by atoms with Crippen molar-refractivity contribution in [3.63, 3.8) is 0 Å². The Morgan fingerprint density at radius 3 is 1.47 bits per heavy atom. The van der Waals surface area contributed by atoms with E-state index in [-0.39, 0.29) is 49.6 Å². The number of nitrogens with one attached hydrogen (secondary N) is 5. The summed E-state index contributed by atoms with van der Waals surface area (Å²) in [4.78, 5) is 56.7. The first-order chi connectivity index (χ1) is 40.2. The zero-order chi connectivity index (χ0) is 60.2. The fourth-order valence-corrected chi connectivity index (χ4v) is 8.12. The number of hydrogen-bond acceptors (Lipinski definition) is 14. The van der Waals surface area contributed by atoms with Gasteiger partial charge in [0.1, 0.15) is 28.9 Å². The van der Waals surface area contributed by atoms with Crippen LogP contribution in [0, 0.1) is 34.3 Å². The predicted octanol–water partition coefficient (Wildman–Crippen LogP) is 11.3. The standard InChI is InChI=1S/C33H33FN6O3.C28H25FN6O.CH4O.I2/c1-33(2,3)43-32(42)39-21-29-24(10-7-16-36-29)20-38-31(41)27-13-14-28(26-12-5-4-9-23(26)19-35)40-30(27)37-17-15-22-8-6-11-25(34)18-22;29-22-8-3-5-19(15-22)12-14-33-27-24(28(36)34-18-21-7-4-13-32-26(21)17-31)10-11-25(35-27)23-9-2-1-6-20(23)16-30;2*1-2/h4-14,16,18H,15,17,20-21H2,1-3H3,(H,37,40)(H,38,41)(H,39,42);1-11,13,15H,12,14,17-18,31H2,(H,33,35)(H,34,36);2H,1H3;. The summed E-state index contributed by atoms with van der Waals surface area (Å²) in [5, 5.41) is 41.0. The third kappa shape index (κ3) is 20.5. The van der Waals surface area contributed by atoms with Crippen molar-refractivity contribution >= 4 is 66.8 Å². The second-order valence-corrected chi connectivity index (χ2v) is 18.8. The predicted molar refractivity (Wildman–Crippen MR) is 334 cm³/mol.